The first kappa shape index (κ1) is 13.8. The third-order valence-electron chi connectivity index (χ3n) is 2.65. The number of likely N-dealkylation sites (N-methyl/N-ethyl adjacent to an activating group) is 1. The smallest absolute Gasteiger partial charge is 0.148 e. The molecule has 1 N–H and O–H groups in total. The molecule has 0 aliphatic heterocycles. The summed E-state index contributed by atoms with van der Waals surface area (Å²) in [7, 11) is 5.20. The average Bonchev–Trinajstić information content (AvgIpc) is 2.93. The predicted octanol–water partition coefficient (Wildman–Crippen LogP) is 1.98. The van der Waals surface area contributed by atoms with Crippen molar-refractivity contribution in [2.75, 3.05) is 27.8 Å². The highest BCUT2D eigenvalue weighted by molar-refractivity contribution is 7.14. The molecule has 0 radical (unpaired) electrons. The van der Waals surface area contributed by atoms with Crippen LogP contribution in [-0.2, 0) is 6.42 Å². The molecule has 0 unspecified atom stereocenters. The second-order valence-electron chi connectivity index (χ2n) is 3.96. The zero-order chi connectivity index (χ0) is 13.7. The molecule has 1 heterocycles. The van der Waals surface area contributed by atoms with E-state index in [1.807, 2.05) is 25.2 Å². The maximum Gasteiger partial charge on any atom is 0.148 e. The standard InChI is InChI=1S/C13H17N3O2S/c1-14-5-4-12-15-16-13(19-12)9-6-10(17-2)8-11(7-9)18-3/h6-8,14H,4-5H2,1-3H3. The Labute approximate surface area is 116 Å². The van der Waals surface area contributed by atoms with Gasteiger partial charge in [-0.25, -0.2) is 0 Å². The van der Waals surface area contributed by atoms with Crippen LogP contribution in [-0.4, -0.2) is 38.0 Å². The van der Waals surface area contributed by atoms with E-state index in [1.54, 1.807) is 25.6 Å². The summed E-state index contributed by atoms with van der Waals surface area (Å²) in [5.74, 6) is 1.50. The fourth-order valence-electron chi connectivity index (χ4n) is 1.63. The van der Waals surface area contributed by atoms with Crippen molar-refractivity contribution in [1.82, 2.24) is 15.5 Å². The van der Waals surface area contributed by atoms with Crippen LogP contribution in [0.25, 0.3) is 10.6 Å². The number of nitrogens with one attached hydrogen (secondary N) is 1. The second kappa shape index (κ2) is 6.49. The molecule has 2 aromatic rings. The monoisotopic (exact) mass is 279 g/mol. The summed E-state index contributed by atoms with van der Waals surface area (Å²) >= 11 is 1.59. The van der Waals surface area contributed by atoms with Gasteiger partial charge in [0, 0.05) is 24.6 Å². The van der Waals surface area contributed by atoms with E-state index in [4.69, 9.17) is 9.47 Å². The molecule has 1 aromatic carbocycles. The van der Waals surface area contributed by atoms with E-state index in [1.165, 1.54) is 0 Å². The Balaban J connectivity index is 2.27. The minimum atomic E-state index is 0.751. The molecule has 0 aliphatic carbocycles. The maximum atomic E-state index is 5.26. The largest absolute Gasteiger partial charge is 0.497 e. The van der Waals surface area contributed by atoms with Crippen LogP contribution in [0.4, 0.5) is 0 Å². The highest BCUT2D eigenvalue weighted by atomic mass is 32.1. The van der Waals surface area contributed by atoms with Crippen molar-refractivity contribution in [3.8, 4) is 22.1 Å². The number of aromatic nitrogens is 2. The molecule has 0 saturated heterocycles. The molecule has 0 saturated carbocycles. The van der Waals surface area contributed by atoms with Gasteiger partial charge in [-0.2, -0.15) is 0 Å². The van der Waals surface area contributed by atoms with Gasteiger partial charge < -0.3 is 14.8 Å². The molecule has 0 aliphatic rings. The summed E-state index contributed by atoms with van der Waals surface area (Å²) in [6, 6.07) is 5.71. The highest BCUT2D eigenvalue weighted by Crippen LogP contribution is 2.31. The van der Waals surface area contributed by atoms with E-state index in [0.29, 0.717) is 0 Å². The summed E-state index contributed by atoms with van der Waals surface area (Å²) < 4.78 is 10.5. The second-order valence-corrected chi connectivity index (χ2v) is 5.02. The number of benzene rings is 1. The normalized spacial score (nSPS) is 10.5. The number of hydrogen-bond donors (Lipinski definition) is 1. The Morgan fingerprint density at radius 2 is 1.79 bits per heavy atom. The molecular formula is C13H17N3O2S. The molecule has 19 heavy (non-hydrogen) atoms. The zero-order valence-corrected chi connectivity index (χ0v) is 12.1. The van der Waals surface area contributed by atoms with E-state index >= 15 is 0 Å². The predicted molar refractivity (Wildman–Crippen MR) is 76.1 cm³/mol. The molecule has 0 bridgehead atoms. The lowest BCUT2D eigenvalue weighted by Gasteiger charge is -2.06. The van der Waals surface area contributed by atoms with Gasteiger partial charge in [0.15, 0.2) is 0 Å². The van der Waals surface area contributed by atoms with Crippen molar-refractivity contribution in [1.29, 1.82) is 0 Å². The SMILES string of the molecule is CNCCc1nnc(-c2cc(OC)cc(OC)c2)s1. The lowest BCUT2D eigenvalue weighted by atomic mass is 10.2. The first-order chi connectivity index (χ1) is 9.26. The summed E-state index contributed by atoms with van der Waals surface area (Å²) in [6.45, 7) is 0.899. The van der Waals surface area contributed by atoms with Crippen LogP contribution in [0, 0.1) is 0 Å². The molecule has 102 valence electrons. The van der Waals surface area contributed by atoms with Crippen molar-refractivity contribution in [3.05, 3.63) is 23.2 Å². The summed E-state index contributed by atoms with van der Waals surface area (Å²) in [5.41, 5.74) is 0.962. The van der Waals surface area contributed by atoms with Crippen molar-refractivity contribution >= 4 is 11.3 Å². The Kier molecular flexibility index (Phi) is 4.70. The van der Waals surface area contributed by atoms with Gasteiger partial charge in [0.25, 0.3) is 0 Å². The van der Waals surface area contributed by atoms with E-state index in [-0.39, 0.29) is 0 Å². The lowest BCUT2D eigenvalue weighted by Crippen LogP contribution is -2.09. The maximum absolute atomic E-state index is 5.26. The van der Waals surface area contributed by atoms with Gasteiger partial charge in [0.1, 0.15) is 21.5 Å². The molecular weight excluding hydrogens is 262 g/mol. The number of nitrogens with zero attached hydrogens (tertiary/aromatic N) is 2. The van der Waals surface area contributed by atoms with Crippen LogP contribution >= 0.6 is 11.3 Å². The molecule has 0 atom stereocenters. The van der Waals surface area contributed by atoms with Gasteiger partial charge in [-0.05, 0) is 19.2 Å². The summed E-state index contributed by atoms with van der Waals surface area (Å²) in [5, 5.41) is 13.4. The average molecular weight is 279 g/mol. The van der Waals surface area contributed by atoms with Crippen molar-refractivity contribution < 1.29 is 9.47 Å². The summed E-state index contributed by atoms with van der Waals surface area (Å²) in [4.78, 5) is 0. The van der Waals surface area contributed by atoms with Crippen molar-refractivity contribution in [2.24, 2.45) is 0 Å². The van der Waals surface area contributed by atoms with Gasteiger partial charge in [0.2, 0.25) is 0 Å². The van der Waals surface area contributed by atoms with Gasteiger partial charge in [0.05, 0.1) is 14.2 Å². The van der Waals surface area contributed by atoms with Gasteiger partial charge in [-0.1, -0.05) is 11.3 Å². The van der Waals surface area contributed by atoms with E-state index in [2.05, 4.69) is 15.5 Å². The van der Waals surface area contributed by atoms with E-state index < -0.39 is 0 Å². The van der Waals surface area contributed by atoms with Crippen LogP contribution in [0.5, 0.6) is 11.5 Å². The Bertz CT molecular complexity index is 520. The van der Waals surface area contributed by atoms with Crippen molar-refractivity contribution in [2.45, 2.75) is 6.42 Å². The van der Waals surface area contributed by atoms with Crippen LogP contribution in [0.2, 0.25) is 0 Å². The number of rotatable bonds is 6. The number of methoxy groups -OCH3 is 2. The van der Waals surface area contributed by atoms with E-state index in [9.17, 15) is 0 Å². The highest BCUT2D eigenvalue weighted by Gasteiger charge is 2.09. The fourth-order valence-corrected chi connectivity index (χ4v) is 2.46. The van der Waals surface area contributed by atoms with Crippen molar-refractivity contribution in [3.63, 3.8) is 0 Å². The van der Waals surface area contributed by atoms with Gasteiger partial charge in [-0.3, -0.25) is 0 Å². The Morgan fingerprint density at radius 1 is 1.11 bits per heavy atom. The third-order valence-corrected chi connectivity index (χ3v) is 3.69. The van der Waals surface area contributed by atoms with E-state index in [0.717, 1.165) is 40.0 Å². The molecule has 0 spiro atoms. The van der Waals surface area contributed by atoms with Gasteiger partial charge in [-0.15, -0.1) is 10.2 Å². The van der Waals surface area contributed by atoms with Crippen LogP contribution in [0.3, 0.4) is 0 Å². The minimum Gasteiger partial charge on any atom is -0.497 e. The lowest BCUT2D eigenvalue weighted by molar-refractivity contribution is 0.394. The zero-order valence-electron chi connectivity index (χ0n) is 11.3. The van der Waals surface area contributed by atoms with Crippen LogP contribution in [0.1, 0.15) is 5.01 Å². The molecule has 5 nitrogen and oxygen atoms in total. The number of ether oxygens (including phenoxy) is 2. The summed E-state index contributed by atoms with van der Waals surface area (Å²) in [6.07, 6.45) is 0.884. The number of hydrogen-bond acceptors (Lipinski definition) is 6. The first-order valence-corrected chi connectivity index (χ1v) is 6.79. The molecule has 1 aromatic heterocycles. The topological polar surface area (TPSA) is 56.3 Å². The molecule has 0 amide bonds. The minimum absolute atomic E-state index is 0.751. The quantitative estimate of drug-likeness (QED) is 0.876. The molecule has 2 rings (SSSR count). The molecule has 6 heteroatoms. The van der Waals surface area contributed by atoms with Crippen LogP contribution in [0.15, 0.2) is 18.2 Å². The van der Waals surface area contributed by atoms with Crippen LogP contribution < -0.4 is 14.8 Å². The fraction of sp³-hybridized carbons (Fsp3) is 0.385. The Hall–Kier alpha value is -1.66. The first-order valence-electron chi connectivity index (χ1n) is 5.97. The third kappa shape index (κ3) is 3.42. The Morgan fingerprint density at radius 3 is 2.37 bits per heavy atom. The van der Waals surface area contributed by atoms with Gasteiger partial charge >= 0.3 is 0 Å². The molecule has 0 fully saturated rings.